The highest BCUT2D eigenvalue weighted by Crippen LogP contribution is 2.20. The van der Waals surface area contributed by atoms with Crippen LogP contribution in [0.5, 0.6) is 0 Å². The number of rotatable bonds is 5. The van der Waals surface area contributed by atoms with Gasteiger partial charge < -0.3 is 15.2 Å². The number of benzene rings is 1. The zero-order chi connectivity index (χ0) is 15.5. The first-order chi connectivity index (χ1) is 9.93. The van der Waals surface area contributed by atoms with Gasteiger partial charge in [0.05, 0.1) is 0 Å². The fourth-order valence-corrected chi connectivity index (χ4v) is 2.09. The topological polar surface area (TPSA) is 72.4 Å². The lowest BCUT2D eigenvalue weighted by molar-refractivity contribution is 0.0699. The summed E-state index contributed by atoms with van der Waals surface area (Å²) in [6.45, 7) is 5.11. The van der Waals surface area contributed by atoms with Crippen LogP contribution in [-0.4, -0.2) is 36.1 Å². The van der Waals surface area contributed by atoms with E-state index in [1.54, 1.807) is 18.0 Å². The van der Waals surface area contributed by atoms with Crippen LogP contribution >= 0.6 is 12.4 Å². The number of carbonyl (C=O) groups excluding carboxylic acids is 1. The van der Waals surface area contributed by atoms with E-state index in [0.717, 1.165) is 5.56 Å². The second kappa shape index (κ2) is 7.42. The molecule has 6 heteroatoms. The van der Waals surface area contributed by atoms with Gasteiger partial charge >= 0.3 is 0 Å². The van der Waals surface area contributed by atoms with E-state index in [1.807, 2.05) is 44.2 Å². The van der Waals surface area contributed by atoms with Gasteiger partial charge in [-0.05, 0) is 12.0 Å². The third-order valence-corrected chi connectivity index (χ3v) is 3.35. The van der Waals surface area contributed by atoms with Gasteiger partial charge in [0.1, 0.15) is 5.69 Å². The van der Waals surface area contributed by atoms with E-state index in [2.05, 4.69) is 5.16 Å². The van der Waals surface area contributed by atoms with E-state index in [1.165, 1.54) is 0 Å². The van der Waals surface area contributed by atoms with Crippen LogP contribution in [0.4, 0.5) is 0 Å². The minimum absolute atomic E-state index is 0. The number of amides is 1. The molecule has 0 saturated carbocycles. The number of aromatic nitrogens is 1. The zero-order valence-electron chi connectivity index (χ0n) is 13.1. The minimum Gasteiger partial charge on any atom is -0.350 e. The van der Waals surface area contributed by atoms with Gasteiger partial charge in [0.2, 0.25) is 5.76 Å². The summed E-state index contributed by atoms with van der Waals surface area (Å²) in [4.78, 5) is 13.9. The van der Waals surface area contributed by atoms with Crippen molar-refractivity contribution in [1.82, 2.24) is 10.1 Å². The summed E-state index contributed by atoms with van der Waals surface area (Å²) >= 11 is 0. The maximum absolute atomic E-state index is 12.3. The highest BCUT2D eigenvalue weighted by atomic mass is 35.5. The van der Waals surface area contributed by atoms with Crippen LogP contribution in [0.3, 0.4) is 0 Å². The Hall–Kier alpha value is -1.85. The summed E-state index contributed by atoms with van der Waals surface area (Å²) in [5.74, 6) is 0.0513. The van der Waals surface area contributed by atoms with Crippen molar-refractivity contribution < 1.29 is 9.32 Å². The first-order valence-electron chi connectivity index (χ1n) is 6.90. The van der Waals surface area contributed by atoms with Crippen molar-refractivity contribution in [3.8, 4) is 11.3 Å². The molecule has 0 atom stereocenters. The van der Waals surface area contributed by atoms with Gasteiger partial charge in [0.25, 0.3) is 5.91 Å². The average molecular weight is 324 g/mol. The standard InChI is InChI=1S/C16H21N3O2.ClH/c1-16(2,10-17)11-19(3)15(20)14-9-13(18-21-14)12-7-5-4-6-8-12;/h4-9H,10-11,17H2,1-3H3;1H. The molecule has 2 N–H and O–H groups in total. The van der Waals surface area contributed by atoms with Gasteiger partial charge in [-0.25, -0.2) is 0 Å². The molecule has 2 aromatic rings. The van der Waals surface area contributed by atoms with E-state index < -0.39 is 0 Å². The van der Waals surface area contributed by atoms with Gasteiger partial charge in [0.15, 0.2) is 0 Å². The van der Waals surface area contributed by atoms with Crippen LogP contribution in [0.25, 0.3) is 11.3 Å². The summed E-state index contributed by atoms with van der Waals surface area (Å²) in [7, 11) is 1.74. The van der Waals surface area contributed by atoms with E-state index >= 15 is 0 Å². The third kappa shape index (κ3) is 4.32. The predicted molar refractivity (Wildman–Crippen MR) is 89.0 cm³/mol. The van der Waals surface area contributed by atoms with Crippen molar-refractivity contribution in [2.24, 2.45) is 11.1 Å². The highest BCUT2D eigenvalue weighted by molar-refractivity contribution is 5.92. The van der Waals surface area contributed by atoms with Crippen LogP contribution < -0.4 is 5.73 Å². The number of nitrogens with zero attached hydrogens (tertiary/aromatic N) is 2. The molecule has 5 nitrogen and oxygen atoms in total. The Morgan fingerprint density at radius 3 is 2.55 bits per heavy atom. The lowest BCUT2D eigenvalue weighted by atomic mass is 9.93. The Morgan fingerprint density at radius 2 is 1.95 bits per heavy atom. The van der Waals surface area contributed by atoms with Crippen molar-refractivity contribution in [2.45, 2.75) is 13.8 Å². The zero-order valence-corrected chi connectivity index (χ0v) is 13.9. The van der Waals surface area contributed by atoms with Crippen LogP contribution in [0.15, 0.2) is 40.9 Å². The van der Waals surface area contributed by atoms with Crippen LogP contribution in [0.2, 0.25) is 0 Å². The Labute approximate surface area is 136 Å². The fourth-order valence-electron chi connectivity index (χ4n) is 2.09. The van der Waals surface area contributed by atoms with Crippen molar-refractivity contribution in [1.29, 1.82) is 0 Å². The van der Waals surface area contributed by atoms with Crippen molar-refractivity contribution in [2.75, 3.05) is 20.1 Å². The SMILES string of the molecule is CN(CC(C)(C)CN)C(=O)c1cc(-c2ccccc2)no1.Cl. The molecular weight excluding hydrogens is 302 g/mol. The van der Waals surface area contributed by atoms with Gasteiger partial charge in [-0.1, -0.05) is 49.3 Å². The smallest absolute Gasteiger partial charge is 0.292 e. The molecule has 2 rings (SSSR count). The van der Waals surface area contributed by atoms with Crippen molar-refractivity contribution >= 4 is 18.3 Å². The first-order valence-corrected chi connectivity index (χ1v) is 6.90. The van der Waals surface area contributed by atoms with Crippen molar-refractivity contribution in [3.63, 3.8) is 0 Å². The Kier molecular flexibility index (Phi) is 6.14. The third-order valence-electron chi connectivity index (χ3n) is 3.35. The number of carbonyl (C=O) groups is 1. The number of hydrogen-bond donors (Lipinski definition) is 1. The molecule has 0 spiro atoms. The lowest BCUT2D eigenvalue weighted by Gasteiger charge is -2.28. The molecule has 0 aliphatic carbocycles. The second-order valence-corrected chi connectivity index (χ2v) is 5.97. The Bertz CT molecular complexity index is 611. The molecule has 0 aliphatic heterocycles. The van der Waals surface area contributed by atoms with Gasteiger partial charge in [-0.2, -0.15) is 0 Å². The molecule has 1 aromatic carbocycles. The van der Waals surface area contributed by atoms with E-state index in [9.17, 15) is 4.79 Å². The predicted octanol–water partition coefficient (Wildman–Crippen LogP) is 2.82. The maximum Gasteiger partial charge on any atom is 0.292 e. The molecule has 0 radical (unpaired) electrons. The second-order valence-electron chi connectivity index (χ2n) is 5.97. The van der Waals surface area contributed by atoms with Crippen LogP contribution in [0.1, 0.15) is 24.4 Å². The van der Waals surface area contributed by atoms with E-state index in [-0.39, 0.29) is 29.5 Å². The summed E-state index contributed by atoms with van der Waals surface area (Å²) in [6.07, 6.45) is 0. The summed E-state index contributed by atoms with van der Waals surface area (Å²) in [5, 5.41) is 3.96. The van der Waals surface area contributed by atoms with Gasteiger partial charge in [-0.3, -0.25) is 4.79 Å². The Morgan fingerprint density at radius 1 is 1.32 bits per heavy atom. The number of hydrogen-bond acceptors (Lipinski definition) is 4. The van der Waals surface area contributed by atoms with Gasteiger partial charge in [-0.15, -0.1) is 12.4 Å². The lowest BCUT2D eigenvalue weighted by Crippen LogP contribution is -2.39. The van der Waals surface area contributed by atoms with Crippen LogP contribution in [-0.2, 0) is 0 Å². The Balaban J connectivity index is 0.00000242. The fraction of sp³-hybridized carbons (Fsp3) is 0.375. The monoisotopic (exact) mass is 323 g/mol. The van der Waals surface area contributed by atoms with Crippen molar-refractivity contribution in [3.05, 3.63) is 42.2 Å². The summed E-state index contributed by atoms with van der Waals surface area (Å²) in [6, 6.07) is 11.3. The summed E-state index contributed by atoms with van der Waals surface area (Å²) < 4.78 is 5.18. The average Bonchev–Trinajstić information content (AvgIpc) is 2.96. The molecule has 0 aliphatic rings. The quantitative estimate of drug-likeness (QED) is 0.918. The minimum atomic E-state index is -0.189. The van der Waals surface area contributed by atoms with E-state index in [0.29, 0.717) is 18.8 Å². The molecule has 1 heterocycles. The normalized spacial score (nSPS) is 10.9. The largest absolute Gasteiger partial charge is 0.350 e. The molecular formula is C16H22ClN3O2. The molecule has 1 amide bonds. The highest BCUT2D eigenvalue weighted by Gasteiger charge is 2.24. The molecule has 1 aromatic heterocycles. The maximum atomic E-state index is 12.3. The molecule has 22 heavy (non-hydrogen) atoms. The molecule has 0 bridgehead atoms. The molecule has 0 fully saturated rings. The van der Waals surface area contributed by atoms with Crippen LogP contribution in [0, 0.1) is 5.41 Å². The molecule has 0 unspecified atom stereocenters. The number of nitrogens with two attached hydrogens (primary N) is 1. The number of halogens is 1. The molecule has 0 saturated heterocycles. The molecule has 120 valence electrons. The van der Waals surface area contributed by atoms with Gasteiger partial charge in [0, 0.05) is 25.2 Å². The van der Waals surface area contributed by atoms with E-state index in [4.69, 9.17) is 10.3 Å². The summed E-state index contributed by atoms with van der Waals surface area (Å²) in [5.41, 5.74) is 7.15. The first kappa shape index (κ1) is 18.2.